The first-order chi connectivity index (χ1) is 10.1. The predicted molar refractivity (Wildman–Crippen MR) is 78.7 cm³/mol. The Balaban J connectivity index is 1.73. The average molecular weight is 287 g/mol. The molecule has 1 aromatic rings. The summed E-state index contributed by atoms with van der Waals surface area (Å²) in [5.74, 6) is -0.805. The van der Waals surface area contributed by atoms with Crippen molar-refractivity contribution in [2.24, 2.45) is 5.41 Å². The molecule has 1 saturated heterocycles. The van der Waals surface area contributed by atoms with Gasteiger partial charge in [-0.15, -0.1) is 0 Å². The first kappa shape index (κ1) is 14.1. The van der Waals surface area contributed by atoms with Gasteiger partial charge >= 0.3 is 5.97 Å². The van der Waals surface area contributed by atoms with Crippen LogP contribution in [0.5, 0.6) is 0 Å². The maximum atomic E-state index is 12.6. The van der Waals surface area contributed by atoms with Crippen molar-refractivity contribution in [3.05, 3.63) is 35.9 Å². The van der Waals surface area contributed by atoms with E-state index in [4.69, 9.17) is 0 Å². The van der Waals surface area contributed by atoms with E-state index in [1.807, 2.05) is 35.2 Å². The van der Waals surface area contributed by atoms with Crippen LogP contribution in [-0.2, 0) is 9.59 Å². The fourth-order valence-electron chi connectivity index (χ4n) is 3.55. The highest BCUT2D eigenvalue weighted by Crippen LogP contribution is 2.45. The van der Waals surface area contributed by atoms with Gasteiger partial charge in [0.15, 0.2) is 0 Å². The van der Waals surface area contributed by atoms with Crippen LogP contribution >= 0.6 is 0 Å². The Kier molecular flexibility index (Phi) is 3.70. The lowest BCUT2D eigenvalue weighted by molar-refractivity contribution is -0.159. The van der Waals surface area contributed by atoms with Crippen molar-refractivity contribution in [1.29, 1.82) is 0 Å². The molecule has 1 N–H and O–H groups in total. The van der Waals surface area contributed by atoms with Gasteiger partial charge in [-0.2, -0.15) is 0 Å². The first-order valence-electron chi connectivity index (χ1n) is 7.70. The van der Waals surface area contributed by atoms with Gasteiger partial charge in [0.25, 0.3) is 0 Å². The van der Waals surface area contributed by atoms with E-state index in [0.717, 1.165) is 31.4 Å². The van der Waals surface area contributed by atoms with Crippen molar-refractivity contribution in [2.45, 2.75) is 44.6 Å². The van der Waals surface area contributed by atoms with Gasteiger partial charge in [0.05, 0.1) is 11.5 Å². The topological polar surface area (TPSA) is 57.6 Å². The molecular weight excluding hydrogens is 266 g/mol. The number of nitrogens with zero attached hydrogens (tertiary/aromatic N) is 1. The Morgan fingerprint density at radius 1 is 1.19 bits per heavy atom. The number of carbonyl (C=O) groups excluding carboxylic acids is 1. The Bertz CT molecular complexity index is 536. The minimum atomic E-state index is -0.808. The normalized spacial score (nSPS) is 23.6. The summed E-state index contributed by atoms with van der Waals surface area (Å²) in [6, 6.07) is 10.2. The maximum Gasteiger partial charge on any atom is 0.310 e. The number of rotatable bonds is 4. The van der Waals surface area contributed by atoms with Crippen LogP contribution in [0.1, 0.15) is 50.1 Å². The molecule has 0 spiro atoms. The highest BCUT2D eigenvalue weighted by molar-refractivity contribution is 5.86. The van der Waals surface area contributed by atoms with Crippen LogP contribution in [-0.4, -0.2) is 28.4 Å². The minimum absolute atomic E-state index is 0.00320. The van der Waals surface area contributed by atoms with Crippen molar-refractivity contribution < 1.29 is 14.7 Å². The summed E-state index contributed by atoms with van der Waals surface area (Å²) in [5.41, 5.74) is 0.363. The fourth-order valence-corrected chi connectivity index (χ4v) is 3.55. The molecular formula is C17H21NO3. The highest BCUT2D eigenvalue weighted by atomic mass is 16.4. The van der Waals surface area contributed by atoms with E-state index < -0.39 is 11.4 Å². The molecule has 21 heavy (non-hydrogen) atoms. The number of hydrogen-bond acceptors (Lipinski definition) is 2. The molecule has 2 aliphatic rings. The molecule has 1 amide bonds. The van der Waals surface area contributed by atoms with Gasteiger partial charge < -0.3 is 10.0 Å². The zero-order valence-electron chi connectivity index (χ0n) is 12.1. The van der Waals surface area contributed by atoms with E-state index in [1.54, 1.807) is 0 Å². The van der Waals surface area contributed by atoms with E-state index in [9.17, 15) is 14.7 Å². The molecule has 4 nitrogen and oxygen atoms in total. The van der Waals surface area contributed by atoms with Crippen LogP contribution < -0.4 is 0 Å². The standard InChI is InChI=1S/C17H21NO3/c19-15(12-17(16(20)21)9-5-10-17)18-11-4-8-14(18)13-6-2-1-3-7-13/h1-3,6-7,14H,4-5,8-12H2,(H,20,21). The number of carbonyl (C=O) groups is 2. The second-order valence-electron chi connectivity index (χ2n) is 6.27. The van der Waals surface area contributed by atoms with Crippen LogP contribution in [0.3, 0.4) is 0 Å². The second kappa shape index (κ2) is 5.51. The molecule has 1 unspecified atom stereocenters. The van der Waals surface area contributed by atoms with Crippen LogP contribution in [0.25, 0.3) is 0 Å². The van der Waals surface area contributed by atoms with Gasteiger partial charge in [-0.3, -0.25) is 9.59 Å². The van der Waals surface area contributed by atoms with Crippen molar-refractivity contribution in [2.75, 3.05) is 6.54 Å². The molecule has 1 aliphatic heterocycles. The third-order valence-corrected chi connectivity index (χ3v) is 5.01. The largest absolute Gasteiger partial charge is 0.481 e. The fraction of sp³-hybridized carbons (Fsp3) is 0.529. The summed E-state index contributed by atoms with van der Waals surface area (Å²) in [4.78, 5) is 25.9. The van der Waals surface area contributed by atoms with E-state index >= 15 is 0 Å². The van der Waals surface area contributed by atoms with Gasteiger partial charge in [-0.05, 0) is 31.2 Å². The Hall–Kier alpha value is -1.84. The van der Waals surface area contributed by atoms with Crippen molar-refractivity contribution in [3.8, 4) is 0 Å². The summed E-state index contributed by atoms with van der Waals surface area (Å²) in [5, 5.41) is 9.39. The molecule has 4 heteroatoms. The minimum Gasteiger partial charge on any atom is -0.481 e. The van der Waals surface area contributed by atoms with Crippen LogP contribution in [0, 0.1) is 5.41 Å². The summed E-state index contributed by atoms with van der Waals surface area (Å²) in [6.07, 6.45) is 4.31. The van der Waals surface area contributed by atoms with Gasteiger partial charge in [-0.1, -0.05) is 36.8 Å². The molecule has 0 bridgehead atoms. The molecule has 112 valence electrons. The van der Waals surface area contributed by atoms with Crippen LogP contribution in [0.2, 0.25) is 0 Å². The average Bonchev–Trinajstić information content (AvgIpc) is 2.92. The number of likely N-dealkylation sites (tertiary alicyclic amines) is 1. The molecule has 1 aromatic carbocycles. The summed E-state index contributed by atoms with van der Waals surface area (Å²) in [6.45, 7) is 0.744. The number of amides is 1. The summed E-state index contributed by atoms with van der Waals surface area (Å²) >= 11 is 0. The lowest BCUT2D eigenvalue weighted by Gasteiger charge is -2.38. The van der Waals surface area contributed by atoms with Crippen molar-refractivity contribution in [1.82, 2.24) is 4.90 Å². The Labute approximate surface area is 124 Å². The van der Waals surface area contributed by atoms with E-state index in [0.29, 0.717) is 12.8 Å². The summed E-state index contributed by atoms with van der Waals surface area (Å²) in [7, 11) is 0. The van der Waals surface area contributed by atoms with E-state index in [2.05, 4.69) is 0 Å². The van der Waals surface area contributed by atoms with E-state index in [1.165, 1.54) is 0 Å². The molecule has 0 aromatic heterocycles. The quantitative estimate of drug-likeness (QED) is 0.926. The lowest BCUT2D eigenvalue weighted by atomic mass is 9.66. The molecule has 3 rings (SSSR count). The van der Waals surface area contributed by atoms with Crippen molar-refractivity contribution in [3.63, 3.8) is 0 Å². The SMILES string of the molecule is O=C(CC1(C(=O)O)CCC1)N1CCCC1c1ccccc1. The van der Waals surface area contributed by atoms with Gasteiger partial charge in [0, 0.05) is 13.0 Å². The zero-order chi connectivity index (χ0) is 14.9. The Morgan fingerprint density at radius 2 is 1.90 bits per heavy atom. The molecule has 1 atom stereocenters. The molecule has 2 fully saturated rings. The van der Waals surface area contributed by atoms with Crippen LogP contribution in [0.4, 0.5) is 0 Å². The molecule has 1 saturated carbocycles. The number of carboxylic acids is 1. The maximum absolute atomic E-state index is 12.6. The summed E-state index contributed by atoms with van der Waals surface area (Å²) < 4.78 is 0. The lowest BCUT2D eigenvalue weighted by Crippen LogP contribution is -2.43. The number of carboxylic acid groups (broad SMARTS) is 1. The number of hydrogen-bond donors (Lipinski definition) is 1. The third kappa shape index (κ3) is 2.55. The van der Waals surface area contributed by atoms with Crippen molar-refractivity contribution >= 4 is 11.9 Å². The molecule has 1 heterocycles. The van der Waals surface area contributed by atoms with E-state index in [-0.39, 0.29) is 18.4 Å². The third-order valence-electron chi connectivity index (χ3n) is 5.01. The van der Waals surface area contributed by atoms with Gasteiger partial charge in [-0.25, -0.2) is 0 Å². The first-order valence-corrected chi connectivity index (χ1v) is 7.70. The Morgan fingerprint density at radius 3 is 2.48 bits per heavy atom. The predicted octanol–water partition coefficient (Wildman–Crippen LogP) is 3.00. The smallest absolute Gasteiger partial charge is 0.310 e. The molecule has 0 radical (unpaired) electrons. The monoisotopic (exact) mass is 287 g/mol. The van der Waals surface area contributed by atoms with Gasteiger partial charge in [0.1, 0.15) is 0 Å². The number of benzene rings is 1. The van der Waals surface area contributed by atoms with Gasteiger partial charge in [0.2, 0.25) is 5.91 Å². The zero-order valence-corrected chi connectivity index (χ0v) is 12.1. The molecule has 1 aliphatic carbocycles. The highest BCUT2D eigenvalue weighted by Gasteiger charge is 2.47. The van der Waals surface area contributed by atoms with Crippen LogP contribution in [0.15, 0.2) is 30.3 Å². The number of aliphatic carboxylic acids is 1. The second-order valence-corrected chi connectivity index (χ2v) is 6.27.